The zero-order valence-corrected chi connectivity index (χ0v) is 16.7. The quantitative estimate of drug-likeness (QED) is 0.422. The van der Waals surface area contributed by atoms with Crippen molar-refractivity contribution in [3.8, 4) is 17.1 Å². The highest BCUT2D eigenvalue weighted by atomic mass is 16.5. The SMILES string of the molecule is Cc1ccc2nc(-c3ccc(NC(=O)c4ccc(-n5cccn5)cc4)cc3)n(O)c2c1. The highest BCUT2D eigenvalue weighted by Gasteiger charge is 2.13. The van der Waals surface area contributed by atoms with Gasteiger partial charge in [-0.3, -0.25) is 4.79 Å². The van der Waals surface area contributed by atoms with Crippen LogP contribution in [0.4, 0.5) is 5.69 Å². The first-order valence-corrected chi connectivity index (χ1v) is 9.79. The van der Waals surface area contributed by atoms with Crippen molar-refractivity contribution in [1.29, 1.82) is 0 Å². The van der Waals surface area contributed by atoms with E-state index in [0.29, 0.717) is 22.6 Å². The Kier molecular flexibility index (Phi) is 4.48. The lowest BCUT2D eigenvalue weighted by atomic mass is 10.1. The Balaban J connectivity index is 1.33. The van der Waals surface area contributed by atoms with Crippen molar-refractivity contribution in [2.75, 3.05) is 5.32 Å². The number of aromatic nitrogens is 4. The van der Waals surface area contributed by atoms with Gasteiger partial charge in [-0.2, -0.15) is 9.83 Å². The molecule has 3 aromatic carbocycles. The van der Waals surface area contributed by atoms with E-state index < -0.39 is 0 Å². The minimum atomic E-state index is -0.204. The average molecular weight is 409 g/mol. The van der Waals surface area contributed by atoms with Gasteiger partial charge in [-0.15, -0.1) is 0 Å². The molecule has 0 fully saturated rings. The first kappa shape index (κ1) is 18.6. The number of imidazole rings is 1. The van der Waals surface area contributed by atoms with Crippen LogP contribution in [0, 0.1) is 6.92 Å². The fourth-order valence-corrected chi connectivity index (χ4v) is 3.45. The number of fused-ring (bicyclic) bond motifs is 1. The number of amides is 1. The van der Waals surface area contributed by atoms with E-state index in [1.54, 1.807) is 35.1 Å². The van der Waals surface area contributed by atoms with E-state index in [9.17, 15) is 10.0 Å². The molecular weight excluding hydrogens is 390 g/mol. The van der Waals surface area contributed by atoms with Gasteiger partial charge in [0.2, 0.25) is 0 Å². The Morgan fingerprint density at radius 2 is 1.77 bits per heavy atom. The van der Waals surface area contributed by atoms with Crippen LogP contribution in [0.3, 0.4) is 0 Å². The van der Waals surface area contributed by atoms with Crippen molar-refractivity contribution in [2.45, 2.75) is 6.92 Å². The van der Waals surface area contributed by atoms with Crippen molar-refractivity contribution in [2.24, 2.45) is 0 Å². The fourth-order valence-electron chi connectivity index (χ4n) is 3.45. The molecule has 0 aliphatic rings. The van der Waals surface area contributed by atoms with Crippen LogP contribution in [0.2, 0.25) is 0 Å². The van der Waals surface area contributed by atoms with Gasteiger partial charge in [-0.25, -0.2) is 9.67 Å². The number of benzene rings is 3. The summed E-state index contributed by atoms with van der Waals surface area (Å²) in [5, 5.41) is 17.6. The topological polar surface area (TPSA) is 85.0 Å². The van der Waals surface area contributed by atoms with Crippen molar-refractivity contribution in [1.82, 2.24) is 19.5 Å². The summed E-state index contributed by atoms with van der Waals surface area (Å²) < 4.78 is 2.83. The van der Waals surface area contributed by atoms with Gasteiger partial charge in [0, 0.05) is 29.2 Å². The van der Waals surface area contributed by atoms with E-state index in [4.69, 9.17) is 0 Å². The van der Waals surface area contributed by atoms with Gasteiger partial charge in [0.1, 0.15) is 5.52 Å². The van der Waals surface area contributed by atoms with Gasteiger partial charge < -0.3 is 10.5 Å². The lowest BCUT2D eigenvalue weighted by Crippen LogP contribution is -2.12. The van der Waals surface area contributed by atoms with Gasteiger partial charge in [0.05, 0.1) is 11.2 Å². The Hall–Kier alpha value is -4.39. The summed E-state index contributed by atoms with van der Waals surface area (Å²) in [6, 6.07) is 22.0. The number of aryl methyl sites for hydroxylation is 1. The molecule has 2 heterocycles. The average Bonchev–Trinajstić information content (AvgIpc) is 3.43. The van der Waals surface area contributed by atoms with Gasteiger partial charge in [-0.05, 0) is 79.2 Å². The second kappa shape index (κ2) is 7.46. The minimum Gasteiger partial charge on any atom is -0.426 e. The molecular formula is C24H19N5O2. The van der Waals surface area contributed by atoms with Crippen LogP contribution in [0.25, 0.3) is 28.1 Å². The molecule has 0 radical (unpaired) electrons. The molecule has 1 amide bonds. The lowest BCUT2D eigenvalue weighted by Gasteiger charge is -2.08. The van der Waals surface area contributed by atoms with Crippen molar-refractivity contribution in [3.63, 3.8) is 0 Å². The molecule has 5 aromatic rings. The highest BCUT2D eigenvalue weighted by molar-refractivity contribution is 6.04. The van der Waals surface area contributed by atoms with Crippen LogP contribution < -0.4 is 5.32 Å². The first-order chi connectivity index (χ1) is 15.1. The molecule has 0 saturated carbocycles. The number of anilines is 1. The molecule has 0 unspecified atom stereocenters. The predicted octanol–water partition coefficient (Wildman–Crippen LogP) is 4.69. The molecule has 0 saturated heterocycles. The molecule has 152 valence electrons. The summed E-state index contributed by atoms with van der Waals surface area (Å²) in [5.74, 6) is 0.248. The normalized spacial score (nSPS) is 11.0. The number of hydrogen-bond donors (Lipinski definition) is 2. The van der Waals surface area contributed by atoms with Crippen LogP contribution in [0.1, 0.15) is 15.9 Å². The van der Waals surface area contributed by atoms with Crippen molar-refractivity contribution >= 4 is 22.6 Å². The molecule has 0 bridgehead atoms. The smallest absolute Gasteiger partial charge is 0.255 e. The number of carbonyl (C=O) groups excluding carboxylic acids is 1. The maximum atomic E-state index is 12.6. The van der Waals surface area contributed by atoms with Crippen molar-refractivity contribution < 1.29 is 10.0 Å². The Bertz CT molecular complexity index is 1370. The van der Waals surface area contributed by atoms with E-state index in [1.165, 1.54) is 0 Å². The number of nitrogens with zero attached hydrogens (tertiary/aromatic N) is 4. The van der Waals surface area contributed by atoms with Gasteiger partial charge >= 0.3 is 0 Å². The second-order valence-corrected chi connectivity index (χ2v) is 7.27. The summed E-state index contributed by atoms with van der Waals surface area (Å²) in [6.07, 6.45) is 3.55. The molecule has 7 nitrogen and oxygen atoms in total. The Labute approximate surface area is 178 Å². The van der Waals surface area contributed by atoms with E-state index in [2.05, 4.69) is 15.4 Å². The Morgan fingerprint density at radius 3 is 2.48 bits per heavy atom. The number of carbonyl (C=O) groups is 1. The van der Waals surface area contributed by atoms with Crippen LogP contribution in [-0.2, 0) is 0 Å². The van der Waals surface area contributed by atoms with Crippen LogP contribution in [-0.4, -0.2) is 30.6 Å². The first-order valence-electron chi connectivity index (χ1n) is 9.79. The van der Waals surface area contributed by atoms with E-state index in [0.717, 1.165) is 27.1 Å². The van der Waals surface area contributed by atoms with Gasteiger partial charge in [0.25, 0.3) is 5.91 Å². The summed E-state index contributed by atoms with van der Waals surface area (Å²) in [6.45, 7) is 1.97. The van der Waals surface area contributed by atoms with Crippen molar-refractivity contribution in [3.05, 3.63) is 96.3 Å². The molecule has 31 heavy (non-hydrogen) atoms. The molecule has 5 rings (SSSR count). The van der Waals surface area contributed by atoms with Gasteiger partial charge in [-0.1, -0.05) is 6.07 Å². The zero-order chi connectivity index (χ0) is 21.4. The lowest BCUT2D eigenvalue weighted by molar-refractivity contribution is 0.102. The third kappa shape index (κ3) is 3.53. The molecule has 0 aliphatic heterocycles. The second-order valence-electron chi connectivity index (χ2n) is 7.27. The van der Waals surface area contributed by atoms with Gasteiger partial charge in [0.15, 0.2) is 5.82 Å². The third-order valence-corrected chi connectivity index (χ3v) is 5.09. The van der Waals surface area contributed by atoms with E-state index in [1.807, 2.05) is 61.7 Å². The summed E-state index contributed by atoms with van der Waals surface area (Å²) >= 11 is 0. The van der Waals surface area contributed by atoms with E-state index >= 15 is 0 Å². The molecule has 2 aromatic heterocycles. The fraction of sp³-hybridized carbons (Fsp3) is 0.0417. The summed E-state index contributed by atoms with van der Waals surface area (Å²) in [5.41, 5.74) is 5.26. The monoisotopic (exact) mass is 409 g/mol. The standard InChI is InChI=1S/C24H19N5O2/c1-16-3-12-21-22(15-16)29(31)23(27-21)17-4-8-19(9-5-17)26-24(30)18-6-10-20(11-7-18)28-14-2-13-25-28/h2-15,31H,1H3,(H,26,30). The minimum absolute atomic E-state index is 0.204. The molecule has 0 spiro atoms. The summed E-state index contributed by atoms with van der Waals surface area (Å²) in [7, 11) is 0. The molecule has 0 atom stereocenters. The predicted molar refractivity (Wildman–Crippen MR) is 119 cm³/mol. The third-order valence-electron chi connectivity index (χ3n) is 5.09. The van der Waals surface area contributed by atoms with Crippen LogP contribution in [0.15, 0.2) is 85.2 Å². The maximum absolute atomic E-state index is 12.6. The number of hydrogen-bond acceptors (Lipinski definition) is 4. The maximum Gasteiger partial charge on any atom is 0.255 e. The van der Waals surface area contributed by atoms with Crippen LogP contribution in [0.5, 0.6) is 0 Å². The zero-order valence-electron chi connectivity index (χ0n) is 16.7. The molecule has 0 aliphatic carbocycles. The molecule has 2 N–H and O–H groups in total. The van der Waals surface area contributed by atoms with E-state index in [-0.39, 0.29) is 5.91 Å². The number of nitrogens with one attached hydrogen (secondary N) is 1. The summed E-state index contributed by atoms with van der Waals surface area (Å²) in [4.78, 5) is 17.1. The number of rotatable bonds is 4. The van der Waals surface area contributed by atoms with Crippen LogP contribution >= 0.6 is 0 Å². The Morgan fingerprint density at radius 1 is 1.00 bits per heavy atom. The largest absolute Gasteiger partial charge is 0.426 e. The highest BCUT2D eigenvalue weighted by Crippen LogP contribution is 2.25. The molecule has 7 heteroatoms.